The number of carbonyl (C=O) groups excluding carboxylic acids is 1. The van der Waals surface area contributed by atoms with Crippen molar-refractivity contribution in [3.05, 3.63) is 0 Å². The summed E-state index contributed by atoms with van der Waals surface area (Å²) < 4.78 is 10.4. The number of piperazine rings is 1. The monoisotopic (exact) mass is 299 g/mol. The number of rotatable bonds is 7. The summed E-state index contributed by atoms with van der Waals surface area (Å²) in [6, 6.07) is 0. The predicted molar refractivity (Wildman–Crippen MR) is 81.3 cm³/mol. The van der Waals surface area contributed by atoms with Gasteiger partial charge in [-0.3, -0.25) is 9.69 Å². The van der Waals surface area contributed by atoms with Crippen molar-refractivity contribution in [2.24, 2.45) is 5.92 Å². The van der Waals surface area contributed by atoms with Crippen LogP contribution in [0.2, 0.25) is 0 Å². The average Bonchev–Trinajstić information content (AvgIpc) is 2.53. The number of nitrogens with one attached hydrogen (secondary N) is 1. The SMILES string of the molecule is COCCNCC(=O)N1CCN(CC2CCOCC2)CC1. The lowest BCUT2D eigenvalue weighted by atomic mass is 9.99. The highest BCUT2D eigenvalue weighted by atomic mass is 16.5. The van der Waals surface area contributed by atoms with Crippen molar-refractivity contribution >= 4 is 5.91 Å². The topological polar surface area (TPSA) is 54.0 Å². The predicted octanol–water partition coefficient (Wildman–Crippen LogP) is -0.207. The summed E-state index contributed by atoms with van der Waals surface area (Å²) in [6.07, 6.45) is 2.37. The van der Waals surface area contributed by atoms with Gasteiger partial charge in [0.25, 0.3) is 0 Å². The minimum absolute atomic E-state index is 0.205. The Bertz CT molecular complexity index is 301. The number of hydrogen-bond donors (Lipinski definition) is 1. The molecule has 0 aromatic rings. The second-order valence-electron chi connectivity index (χ2n) is 5.91. The normalized spacial score (nSPS) is 21.7. The third-order valence-corrected chi connectivity index (χ3v) is 4.34. The Morgan fingerprint density at radius 2 is 1.95 bits per heavy atom. The lowest BCUT2D eigenvalue weighted by molar-refractivity contribution is -0.132. The maximum absolute atomic E-state index is 12.0. The standard InChI is InChI=1S/C15H29N3O3/c1-20-11-4-16-12-15(19)18-7-5-17(6-8-18)13-14-2-9-21-10-3-14/h14,16H,2-13H2,1H3. The molecule has 1 amide bonds. The summed E-state index contributed by atoms with van der Waals surface area (Å²) in [4.78, 5) is 16.5. The molecule has 0 bridgehead atoms. The zero-order valence-electron chi connectivity index (χ0n) is 13.2. The van der Waals surface area contributed by atoms with Gasteiger partial charge in [-0.1, -0.05) is 0 Å². The van der Waals surface area contributed by atoms with E-state index < -0.39 is 0 Å². The van der Waals surface area contributed by atoms with Gasteiger partial charge in [0.2, 0.25) is 5.91 Å². The number of ether oxygens (including phenoxy) is 2. The van der Waals surface area contributed by atoms with E-state index in [9.17, 15) is 4.79 Å². The first-order valence-electron chi connectivity index (χ1n) is 8.07. The first-order valence-corrected chi connectivity index (χ1v) is 8.07. The van der Waals surface area contributed by atoms with Crippen LogP contribution in [-0.2, 0) is 14.3 Å². The maximum atomic E-state index is 12.0. The van der Waals surface area contributed by atoms with E-state index >= 15 is 0 Å². The van der Waals surface area contributed by atoms with E-state index in [0.29, 0.717) is 13.2 Å². The molecule has 21 heavy (non-hydrogen) atoms. The van der Waals surface area contributed by atoms with E-state index in [0.717, 1.165) is 58.4 Å². The van der Waals surface area contributed by atoms with Crippen molar-refractivity contribution in [1.29, 1.82) is 0 Å². The zero-order valence-corrected chi connectivity index (χ0v) is 13.2. The molecule has 0 aliphatic carbocycles. The van der Waals surface area contributed by atoms with Crippen LogP contribution in [0.4, 0.5) is 0 Å². The molecule has 2 aliphatic heterocycles. The van der Waals surface area contributed by atoms with E-state index in [-0.39, 0.29) is 5.91 Å². The van der Waals surface area contributed by atoms with Crippen molar-refractivity contribution in [3.8, 4) is 0 Å². The van der Waals surface area contributed by atoms with Crippen molar-refractivity contribution in [2.45, 2.75) is 12.8 Å². The molecule has 2 fully saturated rings. The molecule has 2 rings (SSSR count). The van der Waals surface area contributed by atoms with Gasteiger partial charge in [-0.05, 0) is 18.8 Å². The van der Waals surface area contributed by atoms with Gasteiger partial charge in [-0.2, -0.15) is 0 Å². The Hall–Kier alpha value is -0.690. The van der Waals surface area contributed by atoms with Crippen LogP contribution in [0.15, 0.2) is 0 Å². The summed E-state index contributed by atoms with van der Waals surface area (Å²) in [5, 5.41) is 3.12. The van der Waals surface area contributed by atoms with Gasteiger partial charge >= 0.3 is 0 Å². The second kappa shape index (κ2) is 9.35. The largest absolute Gasteiger partial charge is 0.383 e. The van der Waals surface area contributed by atoms with Gasteiger partial charge in [-0.15, -0.1) is 0 Å². The first-order chi connectivity index (χ1) is 10.3. The molecule has 0 saturated carbocycles. The van der Waals surface area contributed by atoms with E-state index in [1.54, 1.807) is 7.11 Å². The van der Waals surface area contributed by atoms with Gasteiger partial charge in [-0.25, -0.2) is 0 Å². The molecule has 2 heterocycles. The highest BCUT2D eigenvalue weighted by Gasteiger charge is 2.23. The molecule has 0 atom stereocenters. The lowest BCUT2D eigenvalue weighted by Gasteiger charge is -2.37. The van der Waals surface area contributed by atoms with Crippen molar-refractivity contribution in [3.63, 3.8) is 0 Å². The fraction of sp³-hybridized carbons (Fsp3) is 0.933. The van der Waals surface area contributed by atoms with Gasteiger partial charge in [0.1, 0.15) is 0 Å². The van der Waals surface area contributed by atoms with Crippen LogP contribution < -0.4 is 5.32 Å². The van der Waals surface area contributed by atoms with Gasteiger partial charge in [0.05, 0.1) is 13.2 Å². The fourth-order valence-corrected chi connectivity index (χ4v) is 2.96. The van der Waals surface area contributed by atoms with E-state index in [1.165, 1.54) is 12.8 Å². The Balaban J connectivity index is 1.59. The van der Waals surface area contributed by atoms with Gasteiger partial charge in [0, 0.05) is 59.6 Å². The van der Waals surface area contributed by atoms with Crippen LogP contribution in [0, 0.1) is 5.92 Å². The summed E-state index contributed by atoms with van der Waals surface area (Å²) >= 11 is 0. The fourth-order valence-electron chi connectivity index (χ4n) is 2.96. The smallest absolute Gasteiger partial charge is 0.236 e. The number of nitrogens with zero attached hydrogens (tertiary/aromatic N) is 2. The molecule has 122 valence electrons. The van der Waals surface area contributed by atoms with Crippen LogP contribution in [0.5, 0.6) is 0 Å². The van der Waals surface area contributed by atoms with Crippen molar-refractivity contribution < 1.29 is 14.3 Å². The number of carbonyl (C=O) groups is 1. The molecule has 0 aromatic heterocycles. The molecular formula is C15H29N3O3. The molecule has 6 nitrogen and oxygen atoms in total. The molecule has 0 unspecified atom stereocenters. The summed E-state index contributed by atoms with van der Waals surface area (Å²) in [5.74, 6) is 0.980. The van der Waals surface area contributed by atoms with E-state index in [2.05, 4.69) is 10.2 Å². The Labute approximate surface area is 127 Å². The molecule has 2 aliphatic rings. The summed E-state index contributed by atoms with van der Waals surface area (Å²) in [5.41, 5.74) is 0. The zero-order chi connectivity index (χ0) is 14.9. The quantitative estimate of drug-likeness (QED) is 0.660. The van der Waals surface area contributed by atoms with Gasteiger partial charge < -0.3 is 19.7 Å². The summed E-state index contributed by atoms with van der Waals surface area (Å²) in [7, 11) is 1.67. The second-order valence-corrected chi connectivity index (χ2v) is 5.91. The Kier molecular flexibility index (Phi) is 7.43. The van der Waals surface area contributed by atoms with Crippen LogP contribution in [0.25, 0.3) is 0 Å². The Morgan fingerprint density at radius 3 is 2.62 bits per heavy atom. The van der Waals surface area contributed by atoms with Crippen LogP contribution in [-0.4, -0.2) is 88.5 Å². The Morgan fingerprint density at radius 1 is 1.24 bits per heavy atom. The van der Waals surface area contributed by atoms with Crippen molar-refractivity contribution in [1.82, 2.24) is 15.1 Å². The molecule has 2 saturated heterocycles. The molecule has 1 N–H and O–H groups in total. The number of methoxy groups -OCH3 is 1. The highest BCUT2D eigenvalue weighted by molar-refractivity contribution is 5.78. The maximum Gasteiger partial charge on any atom is 0.236 e. The van der Waals surface area contributed by atoms with E-state index in [4.69, 9.17) is 9.47 Å². The highest BCUT2D eigenvalue weighted by Crippen LogP contribution is 2.17. The van der Waals surface area contributed by atoms with Crippen LogP contribution in [0.1, 0.15) is 12.8 Å². The van der Waals surface area contributed by atoms with Crippen LogP contribution in [0.3, 0.4) is 0 Å². The number of amides is 1. The molecule has 6 heteroatoms. The third kappa shape index (κ3) is 5.90. The minimum Gasteiger partial charge on any atom is -0.383 e. The molecule has 0 spiro atoms. The lowest BCUT2D eigenvalue weighted by Crippen LogP contribution is -2.52. The van der Waals surface area contributed by atoms with Crippen molar-refractivity contribution in [2.75, 3.05) is 72.7 Å². The third-order valence-electron chi connectivity index (χ3n) is 4.34. The first kappa shape index (κ1) is 16.7. The molecule has 0 aromatic carbocycles. The molecule has 0 radical (unpaired) electrons. The molecular weight excluding hydrogens is 270 g/mol. The average molecular weight is 299 g/mol. The van der Waals surface area contributed by atoms with Crippen LogP contribution >= 0.6 is 0 Å². The minimum atomic E-state index is 0.205. The van der Waals surface area contributed by atoms with Gasteiger partial charge in [0.15, 0.2) is 0 Å². The summed E-state index contributed by atoms with van der Waals surface area (Å²) in [6.45, 7) is 8.50. The van der Waals surface area contributed by atoms with E-state index in [1.807, 2.05) is 4.90 Å². The number of hydrogen-bond acceptors (Lipinski definition) is 5.